The molecule has 4 nitrogen and oxygen atoms in total. The van der Waals surface area contributed by atoms with Gasteiger partial charge in [-0.25, -0.2) is 4.79 Å². The average Bonchev–Trinajstić information content (AvgIpc) is 2.15. The zero-order chi connectivity index (χ0) is 13.2. The fourth-order valence-electron chi connectivity index (χ4n) is 1.03. The smallest absolute Gasteiger partial charge is 0.478 e. The minimum atomic E-state index is -5.00. The van der Waals surface area contributed by atoms with Gasteiger partial charge >= 0.3 is 12.3 Å². The monoisotopic (exact) mass is 381 g/mol. The maximum atomic E-state index is 12.1. The molecular formula is C8H4ClF3INO3. The predicted octanol–water partition coefficient (Wildman–Crippen LogP) is 3.02. The lowest BCUT2D eigenvalue weighted by Gasteiger charge is -2.14. The Kier molecular flexibility index (Phi) is 4.42. The molecule has 0 spiro atoms. The SMILES string of the molecule is O=C(O)c1c(I)cnc(CCl)c1OC(F)(F)F. The molecule has 0 fully saturated rings. The third-order valence-electron chi connectivity index (χ3n) is 1.62. The summed E-state index contributed by atoms with van der Waals surface area (Å²) in [5, 5.41) is 8.84. The molecule has 0 aromatic carbocycles. The molecule has 0 saturated carbocycles. The molecule has 9 heteroatoms. The van der Waals surface area contributed by atoms with Crippen LogP contribution in [0.15, 0.2) is 6.20 Å². The van der Waals surface area contributed by atoms with E-state index < -0.39 is 23.6 Å². The number of hydrogen-bond acceptors (Lipinski definition) is 3. The number of carbonyl (C=O) groups is 1. The maximum absolute atomic E-state index is 12.1. The summed E-state index contributed by atoms with van der Waals surface area (Å²) < 4.78 is 40.1. The maximum Gasteiger partial charge on any atom is 0.573 e. The van der Waals surface area contributed by atoms with Crippen molar-refractivity contribution in [2.45, 2.75) is 12.2 Å². The van der Waals surface area contributed by atoms with Crippen molar-refractivity contribution in [2.75, 3.05) is 0 Å². The first-order chi connectivity index (χ1) is 7.76. The number of pyridine rings is 1. The van der Waals surface area contributed by atoms with Gasteiger partial charge in [-0.15, -0.1) is 24.8 Å². The van der Waals surface area contributed by atoms with Gasteiger partial charge in [-0.3, -0.25) is 4.98 Å². The summed E-state index contributed by atoms with van der Waals surface area (Å²) in [7, 11) is 0. The third-order valence-corrected chi connectivity index (χ3v) is 2.69. The van der Waals surface area contributed by atoms with Crippen LogP contribution < -0.4 is 4.74 Å². The Morgan fingerprint density at radius 1 is 1.59 bits per heavy atom. The molecule has 1 aromatic rings. The second-order valence-electron chi connectivity index (χ2n) is 2.74. The van der Waals surface area contributed by atoms with Gasteiger partial charge in [0.25, 0.3) is 0 Å². The van der Waals surface area contributed by atoms with Gasteiger partial charge in [0.15, 0.2) is 5.75 Å². The van der Waals surface area contributed by atoms with Crippen molar-refractivity contribution in [2.24, 2.45) is 0 Å². The molecule has 1 aromatic heterocycles. The lowest BCUT2D eigenvalue weighted by molar-refractivity contribution is -0.275. The van der Waals surface area contributed by atoms with Crippen molar-refractivity contribution < 1.29 is 27.8 Å². The molecule has 0 atom stereocenters. The zero-order valence-corrected chi connectivity index (χ0v) is 10.8. The van der Waals surface area contributed by atoms with E-state index >= 15 is 0 Å². The van der Waals surface area contributed by atoms with Gasteiger partial charge in [0.05, 0.1) is 11.6 Å². The van der Waals surface area contributed by atoms with E-state index in [0.29, 0.717) is 0 Å². The van der Waals surface area contributed by atoms with Crippen LogP contribution in [0.3, 0.4) is 0 Å². The Balaban J connectivity index is 3.40. The fraction of sp³-hybridized carbons (Fsp3) is 0.250. The minimum absolute atomic E-state index is 0.0308. The van der Waals surface area contributed by atoms with Crippen LogP contribution in [0.2, 0.25) is 0 Å². The summed E-state index contributed by atoms with van der Waals surface area (Å²) in [5.41, 5.74) is -0.879. The topological polar surface area (TPSA) is 59.4 Å². The van der Waals surface area contributed by atoms with E-state index in [9.17, 15) is 18.0 Å². The second-order valence-corrected chi connectivity index (χ2v) is 4.17. The first-order valence-electron chi connectivity index (χ1n) is 3.98. The van der Waals surface area contributed by atoms with Crippen LogP contribution in [-0.2, 0) is 5.88 Å². The van der Waals surface area contributed by atoms with Crippen LogP contribution in [0.5, 0.6) is 5.75 Å². The summed E-state index contributed by atoms with van der Waals surface area (Å²) in [6.07, 6.45) is -3.89. The zero-order valence-electron chi connectivity index (χ0n) is 7.89. The number of alkyl halides is 4. The lowest BCUT2D eigenvalue weighted by atomic mass is 10.2. The van der Waals surface area contributed by atoms with E-state index in [2.05, 4.69) is 9.72 Å². The molecule has 0 saturated heterocycles. The molecule has 17 heavy (non-hydrogen) atoms. The molecule has 0 aliphatic rings. The van der Waals surface area contributed by atoms with Crippen molar-refractivity contribution in [1.82, 2.24) is 4.98 Å². The van der Waals surface area contributed by atoms with Gasteiger partial charge in [0.1, 0.15) is 5.56 Å². The van der Waals surface area contributed by atoms with Crippen molar-refractivity contribution in [1.29, 1.82) is 0 Å². The van der Waals surface area contributed by atoms with E-state index in [0.717, 1.165) is 6.20 Å². The molecule has 0 unspecified atom stereocenters. The van der Waals surface area contributed by atoms with Crippen LogP contribution >= 0.6 is 34.2 Å². The van der Waals surface area contributed by atoms with Crippen LogP contribution in [-0.4, -0.2) is 22.4 Å². The van der Waals surface area contributed by atoms with Gasteiger partial charge in [-0.1, -0.05) is 0 Å². The average molecular weight is 381 g/mol. The summed E-state index contributed by atoms with van der Waals surface area (Å²) in [4.78, 5) is 14.5. The van der Waals surface area contributed by atoms with Gasteiger partial charge in [0.2, 0.25) is 0 Å². The van der Waals surface area contributed by atoms with Gasteiger partial charge in [-0.2, -0.15) is 0 Å². The second kappa shape index (κ2) is 5.25. The number of aromatic nitrogens is 1. The first-order valence-corrected chi connectivity index (χ1v) is 5.60. The Morgan fingerprint density at radius 3 is 2.59 bits per heavy atom. The predicted molar refractivity (Wildman–Crippen MR) is 60.2 cm³/mol. The van der Waals surface area contributed by atoms with E-state index in [-0.39, 0.29) is 15.1 Å². The van der Waals surface area contributed by atoms with Crippen LogP contribution in [0, 0.1) is 3.57 Å². The Bertz CT molecular complexity index is 452. The highest BCUT2D eigenvalue weighted by Crippen LogP contribution is 2.32. The molecule has 1 rings (SSSR count). The normalized spacial score (nSPS) is 11.4. The van der Waals surface area contributed by atoms with Crippen molar-refractivity contribution >= 4 is 40.2 Å². The Morgan fingerprint density at radius 2 is 2.18 bits per heavy atom. The summed E-state index contributed by atoms with van der Waals surface area (Å²) in [6.45, 7) is 0. The molecule has 0 amide bonds. The van der Waals surface area contributed by atoms with E-state index in [1.165, 1.54) is 0 Å². The van der Waals surface area contributed by atoms with Crippen LogP contribution in [0.1, 0.15) is 16.1 Å². The highest BCUT2D eigenvalue weighted by molar-refractivity contribution is 14.1. The summed E-state index contributed by atoms with van der Waals surface area (Å²) in [5.74, 6) is -2.79. The molecule has 94 valence electrons. The molecule has 1 N–H and O–H groups in total. The summed E-state index contributed by atoms with van der Waals surface area (Å²) in [6, 6.07) is 0. The van der Waals surface area contributed by atoms with E-state index in [4.69, 9.17) is 16.7 Å². The van der Waals surface area contributed by atoms with E-state index in [1.54, 1.807) is 22.6 Å². The number of carboxylic acid groups (broad SMARTS) is 1. The Labute approximate surface area is 112 Å². The highest BCUT2D eigenvalue weighted by atomic mass is 127. The number of aromatic carboxylic acids is 1. The number of carboxylic acids is 1. The number of ether oxygens (including phenoxy) is 1. The molecule has 0 bridgehead atoms. The molecule has 0 aliphatic carbocycles. The third kappa shape index (κ3) is 3.60. The first kappa shape index (κ1) is 14.3. The van der Waals surface area contributed by atoms with E-state index in [1.807, 2.05) is 0 Å². The standard InChI is InChI=1S/C8H4ClF3INO3/c9-1-4-6(17-8(10,11)12)5(7(15)16)3(13)2-14-4/h2H,1H2,(H,15,16). The van der Waals surface area contributed by atoms with Crippen molar-refractivity contribution in [3.8, 4) is 5.75 Å². The molecule has 1 heterocycles. The number of hydrogen-bond donors (Lipinski definition) is 1. The van der Waals surface area contributed by atoms with Gasteiger partial charge in [0, 0.05) is 9.77 Å². The fourth-order valence-corrected chi connectivity index (χ4v) is 1.84. The molecular weight excluding hydrogens is 377 g/mol. The van der Waals surface area contributed by atoms with Gasteiger partial charge < -0.3 is 9.84 Å². The summed E-state index contributed by atoms with van der Waals surface area (Å²) >= 11 is 6.94. The van der Waals surface area contributed by atoms with Crippen molar-refractivity contribution in [3.05, 3.63) is 21.0 Å². The van der Waals surface area contributed by atoms with Gasteiger partial charge in [-0.05, 0) is 22.6 Å². The van der Waals surface area contributed by atoms with Crippen LogP contribution in [0.25, 0.3) is 0 Å². The highest BCUT2D eigenvalue weighted by Gasteiger charge is 2.35. The largest absolute Gasteiger partial charge is 0.573 e. The van der Waals surface area contributed by atoms with Crippen molar-refractivity contribution in [3.63, 3.8) is 0 Å². The van der Waals surface area contributed by atoms with Crippen LogP contribution in [0.4, 0.5) is 13.2 Å². The molecule has 0 radical (unpaired) electrons. The molecule has 0 aliphatic heterocycles. The minimum Gasteiger partial charge on any atom is -0.478 e. The number of nitrogens with zero attached hydrogens (tertiary/aromatic N) is 1. The number of halogens is 5. The number of rotatable bonds is 3. The Hall–Kier alpha value is -0.770. The lowest BCUT2D eigenvalue weighted by Crippen LogP contribution is -2.21. The quantitative estimate of drug-likeness (QED) is 0.646.